The minimum atomic E-state index is -2.60. The fourth-order valence-corrected chi connectivity index (χ4v) is 17.4. The zero-order chi connectivity index (χ0) is 30.3. The van der Waals surface area contributed by atoms with Crippen LogP contribution in [0.25, 0.3) is 0 Å². The van der Waals surface area contributed by atoms with E-state index in [1.54, 1.807) is 0 Å². The topological polar surface area (TPSA) is 47.9 Å². The molecule has 1 heterocycles. The van der Waals surface area contributed by atoms with Gasteiger partial charge in [0.25, 0.3) is 8.32 Å². The predicted octanol–water partition coefficient (Wildman–Crippen LogP) is 7.96. The molecule has 41 heavy (non-hydrogen) atoms. The van der Waals surface area contributed by atoms with Gasteiger partial charge in [-0.25, -0.2) is 0 Å². The van der Waals surface area contributed by atoms with Crippen molar-refractivity contribution in [2.24, 2.45) is 0 Å². The smallest absolute Gasteiger partial charge is 0.261 e. The Morgan fingerprint density at radius 3 is 1.80 bits per heavy atom. The second-order valence-corrected chi connectivity index (χ2v) is 23.4. The summed E-state index contributed by atoms with van der Waals surface area (Å²) >= 11 is 0. The van der Waals surface area contributed by atoms with Crippen LogP contribution in [0.2, 0.25) is 21.7 Å². The van der Waals surface area contributed by atoms with Crippen LogP contribution in [0.1, 0.15) is 88.0 Å². The lowest BCUT2D eigenvalue weighted by atomic mass is 10.0. The standard InChI is InChI=1S/C35H56O4Si2/c1-27(2)40(28(3)4,29(5)6)39-32-25-30(17-16-23-36)38-31(26-32)22-24-37-41(35(7,8)9,33-18-12-10-13-19-33)34-20-14-11-15-21-34/h10-15,18-21,25,27-29,31-32,36H,16-17,22-24,26H2,1-9H3/t31-,32-/m1/s1. The van der Waals surface area contributed by atoms with Gasteiger partial charge in [-0.2, -0.15) is 0 Å². The zero-order valence-electron chi connectivity index (χ0n) is 27.2. The van der Waals surface area contributed by atoms with Crippen LogP contribution in [0.5, 0.6) is 0 Å². The lowest BCUT2D eigenvalue weighted by Crippen LogP contribution is -2.66. The van der Waals surface area contributed by atoms with E-state index in [1.807, 2.05) is 0 Å². The normalized spacial score (nSPS) is 18.6. The summed E-state index contributed by atoms with van der Waals surface area (Å²) in [5, 5.41) is 12.1. The predicted molar refractivity (Wildman–Crippen MR) is 178 cm³/mol. The van der Waals surface area contributed by atoms with Crippen LogP contribution in [-0.4, -0.2) is 47.2 Å². The molecule has 2 aromatic rings. The summed E-state index contributed by atoms with van der Waals surface area (Å²) in [7, 11) is -4.65. The fourth-order valence-electron chi connectivity index (χ4n) is 7.27. The molecule has 6 heteroatoms. The summed E-state index contributed by atoms with van der Waals surface area (Å²) in [6.45, 7) is 21.8. The SMILES string of the molecule is CC(C)[Si](O[C@@H]1C=C(CCCO)O[C@H](CCO[Si](c2ccccc2)(c2ccccc2)C(C)(C)C)C1)(C(C)C)C(C)C. The van der Waals surface area contributed by atoms with Crippen molar-refractivity contribution in [3.8, 4) is 0 Å². The van der Waals surface area contributed by atoms with Crippen molar-refractivity contribution < 1.29 is 18.7 Å². The number of allylic oxidation sites excluding steroid dienone is 1. The number of ether oxygens (including phenoxy) is 1. The fraction of sp³-hybridized carbons (Fsp3) is 0.600. The average molecular weight is 597 g/mol. The molecule has 1 N–H and O–H groups in total. The molecule has 1 aliphatic heterocycles. The minimum absolute atomic E-state index is 0.0232. The zero-order valence-corrected chi connectivity index (χ0v) is 29.2. The van der Waals surface area contributed by atoms with Crippen molar-refractivity contribution in [3.05, 3.63) is 72.5 Å². The van der Waals surface area contributed by atoms with Gasteiger partial charge in [-0.1, -0.05) is 123 Å². The molecule has 0 unspecified atom stereocenters. The summed E-state index contributed by atoms with van der Waals surface area (Å²) in [5.41, 5.74) is 1.57. The third-order valence-electron chi connectivity index (χ3n) is 9.00. The van der Waals surface area contributed by atoms with Crippen LogP contribution in [0.4, 0.5) is 0 Å². The number of rotatable bonds is 14. The first-order chi connectivity index (χ1) is 19.4. The highest BCUT2D eigenvalue weighted by molar-refractivity contribution is 6.99. The van der Waals surface area contributed by atoms with Gasteiger partial charge < -0.3 is 18.7 Å². The van der Waals surface area contributed by atoms with Crippen LogP contribution in [0.3, 0.4) is 0 Å². The summed E-state index contributed by atoms with van der Waals surface area (Å²) in [6, 6.07) is 21.7. The lowest BCUT2D eigenvalue weighted by molar-refractivity contribution is 0.0274. The van der Waals surface area contributed by atoms with Crippen molar-refractivity contribution in [1.82, 2.24) is 0 Å². The average Bonchev–Trinajstić information content (AvgIpc) is 2.92. The van der Waals surface area contributed by atoms with E-state index >= 15 is 0 Å². The maximum Gasteiger partial charge on any atom is 0.261 e. The van der Waals surface area contributed by atoms with Gasteiger partial charge in [-0.15, -0.1) is 0 Å². The quantitative estimate of drug-likeness (QED) is 0.225. The molecule has 0 spiro atoms. The molecule has 0 bridgehead atoms. The molecule has 228 valence electrons. The maximum atomic E-state index is 9.53. The monoisotopic (exact) mass is 596 g/mol. The molecule has 2 aromatic carbocycles. The number of benzene rings is 2. The highest BCUT2D eigenvalue weighted by Crippen LogP contribution is 2.44. The molecule has 3 rings (SSSR count). The molecule has 0 saturated carbocycles. The third-order valence-corrected chi connectivity index (χ3v) is 20.2. The van der Waals surface area contributed by atoms with Crippen LogP contribution < -0.4 is 10.4 Å². The van der Waals surface area contributed by atoms with Gasteiger partial charge in [0, 0.05) is 32.5 Å². The summed E-state index contributed by atoms with van der Waals surface area (Å²) in [6.07, 6.45) is 5.36. The molecule has 0 radical (unpaired) electrons. The van der Waals surface area contributed by atoms with E-state index in [0.29, 0.717) is 29.7 Å². The first-order valence-corrected chi connectivity index (χ1v) is 19.8. The number of aliphatic hydroxyl groups is 1. The molecular formula is C35H56O4Si2. The third kappa shape index (κ3) is 7.63. The van der Waals surface area contributed by atoms with Crippen molar-refractivity contribution in [2.45, 2.75) is 122 Å². The largest absolute Gasteiger partial charge is 0.495 e. The van der Waals surface area contributed by atoms with Crippen molar-refractivity contribution >= 4 is 27.0 Å². The highest BCUT2D eigenvalue weighted by Gasteiger charge is 2.50. The van der Waals surface area contributed by atoms with E-state index in [0.717, 1.165) is 25.0 Å². The molecule has 0 fully saturated rings. The molecule has 1 aliphatic rings. The van der Waals surface area contributed by atoms with Crippen LogP contribution in [-0.2, 0) is 13.6 Å². The molecule has 4 nitrogen and oxygen atoms in total. The van der Waals surface area contributed by atoms with Crippen LogP contribution in [0, 0.1) is 0 Å². The van der Waals surface area contributed by atoms with E-state index in [4.69, 9.17) is 13.6 Å². The van der Waals surface area contributed by atoms with Gasteiger partial charge >= 0.3 is 0 Å². The van der Waals surface area contributed by atoms with E-state index in [1.165, 1.54) is 10.4 Å². The Bertz CT molecular complexity index is 1020. The van der Waals surface area contributed by atoms with E-state index in [2.05, 4.69) is 129 Å². The first-order valence-electron chi connectivity index (χ1n) is 15.8. The Hall–Kier alpha value is -1.71. The Balaban J connectivity index is 1.88. The highest BCUT2D eigenvalue weighted by atomic mass is 28.4. The minimum Gasteiger partial charge on any atom is -0.495 e. The molecule has 0 aromatic heterocycles. The van der Waals surface area contributed by atoms with Gasteiger partial charge in [0.1, 0.15) is 6.10 Å². The van der Waals surface area contributed by atoms with Crippen LogP contribution in [0.15, 0.2) is 72.5 Å². The van der Waals surface area contributed by atoms with Crippen molar-refractivity contribution in [2.75, 3.05) is 13.2 Å². The second-order valence-electron chi connectivity index (χ2n) is 13.7. The molecule has 0 aliphatic carbocycles. The lowest BCUT2D eigenvalue weighted by Gasteiger charge is -2.46. The van der Waals surface area contributed by atoms with Gasteiger partial charge in [0.05, 0.1) is 11.9 Å². The first kappa shape index (κ1) is 33.8. The number of hydrogen-bond donors (Lipinski definition) is 1. The molecule has 0 saturated heterocycles. The Morgan fingerprint density at radius 1 is 0.854 bits per heavy atom. The second kappa shape index (κ2) is 14.7. The summed E-state index contributed by atoms with van der Waals surface area (Å²) in [4.78, 5) is 0. The van der Waals surface area contributed by atoms with Gasteiger partial charge in [-0.05, 0) is 44.5 Å². The van der Waals surface area contributed by atoms with E-state index < -0.39 is 16.6 Å². The molecule has 0 amide bonds. The van der Waals surface area contributed by atoms with Gasteiger partial charge in [-0.3, -0.25) is 0 Å². The maximum absolute atomic E-state index is 9.53. The number of aliphatic hydroxyl groups excluding tert-OH is 1. The Morgan fingerprint density at radius 2 is 1.37 bits per heavy atom. The molecule has 2 atom stereocenters. The number of hydrogen-bond acceptors (Lipinski definition) is 4. The van der Waals surface area contributed by atoms with E-state index in [-0.39, 0.29) is 23.9 Å². The Kier molecular flexibility index (Phi) is 12.1. The van der Waals surface area contributed by atoms with Crippen molar-refractivity contribution in [1.29, 1.82) is 0 Å². The van der Waals surface area contributed by atoms with Gasteiger partial charge in [0.15, 0.2) is 0 Å². The molecular weight excluding hydrogens is 541 g/mol. The van der Waals surface area contributed by atoms with E-state index in [9.17, 15) is 5.11 Å². The van der Waals surface area contributed by atoms with Gasteiger partial charge in [0.2, 0.25) is 8.32 Å². The van der Waals surface area contributed by atoms with Crippen LogP contribution >= 0.6 is 0 Å². The summed E-state index contributed by atoms with van der Waals surface area (Å²) < 4.78 is 21.0. The van der Waals surface area contributed by atoms with Crippen molar-refractivity contribution in [3.63, 3.8) is 0 Å². The summed E-state index contributed by atoms with van der Waals surface area (Å²) in [5.74, 6) is 0.963. The Labute approximate surface area is 252 Å².